The first-order valence-electron chi connectivity index (χ1n) is 15.1. The van der Waals surface area contributed by atoms with Crippen LogP contribution in [0.25, 0.3) is 33.4 Å². The lowest BCUT2D eigenvalue weighted by Crippen LogP contribution is -2.41. The van der Waals surface area contributed by atoms with Crippen LogP contribution in [0.5, 0.6) is 11.5 Å². The second-order valence-corrected chi connectivity index (χ2v) is 13.3. The zero-order chi connectivity index (χ0) is 30.0. The van der Waals surface area contributed by atoms with Crippen LogP contribution in [0.15, 0.2) is 115 Å². The summed E-state index contributed by atoms with van der Waals surface area (Å²) in [4.78, 5) is 0. The summed E-state index contributed by atoms with van der Waals surface area (Å²) in [6.45, 7) is 12.9. The SMILES string of the molecule is CC1(C)c2cccc(B3OC(C)(C)C(C)(C)O3)c2Oc2c(-c3cc(-c4ccccc4)cc(-c4ccccc4)c3)cccc21. The van der Waals surface area contributed by atoms with Crippen LogP contribution < -0.4 is 10.2 Å². The van der Waals surface area contributed by atoms with E-state index < -0.39 is 18.3 Å². The van der Waals surface area contributed by atoms with Crippen molar-refractivity contribution in [2.24, 2.45) is 0 Å². The van der Waals surface area contributed by atoms with E-state index in [0.717, 1.165) is 39.2 Å². The summed E-state index contributed by atoms with van der Waals surface area (Å²) in [6, 6.07) is 40.9. The van der Waals surface area contributed by atoms with Gasteiger partial charge in [-0.1, -0.05) is 111 Å². The second kappa shape index (κ2) is 9.97. The zero-order valence-electron chi connectivity index (χ0n) is 25.8. The number of ether oxygens (including phenoxy) is 1. The van der Waals surface area contributed by atoms with Crippen molar-refractivity contribution in [3.63, 3.8) is 0 Å². The van der Waals surface area contributed by atoms with Crippen LogP contribution >= 0.6 is 0 Å². The van der Waals surface area contributed by atoms with Gasteiger partial charge in [0.15, 0.2) is 0 Å². The Balaban J connectivity index is 1.40. The molecule has 1 saturated heterocycles. The van der Waals surface area contributed by atoms with E-state index in [9.17, 15) is 0 Å². The number of hydrogen-bond acceptors (Lipinski definition) is 3. The maximum atomic E-state index is 7.01. The number of hydrogen-bond donors (Lipinski definition) is 0. The molecule has 0 saturated carbocycles. The molecular weight excluding hydrogens is 527 g/mol. The molecule has 7 rings (SSSR count). The topological polar surface area (TPSA) is 27.7 Å². The molecule has 5 aromatic carbocycles. The summed E-state index contributed by atoms with van der Waals surface area (Å²) in [7, 11) is -0.518. The maximum Gasteiger partial charge on any atom is 0.498 e. The molecule has 43 heavy (non-hydrogen) atoms. The predicted molar refractivity (Wildman–Crippen MR) is 177 cm³/mol. The molecule has 2 aliphatic heterocycles. The van der Waals surface area contributed by atoms with Crippen molar-refractivity contribution < 1.29 is 14.0 Å². The van der Waals surface area contributed by atoms with E-state index in [0.29, 0.717) is 0 Å². The van der Waals surface area contributed by atoms with Gasteiger partial charge in [0.2, 0.25) is 0 Å². The lowest BCUT2D eigenvalue weighted by atomic mass is 9.70. The Morgan fingerprint density at radius 2 is 0.953 bits per heavy atom. The number of fused-ring (bicyclic) bond motifs is 2. The van der Waals surface area contributed by atoms with Gasteiger partial charge in [-0.05, 0) is 73.7 Å². The van der Waals surface area contributed by atoms with Gasteiger partial charge in [-0.3, -0.25) is 0 Å². The normalized spacial score (nSPS) is 17.6. The molecule has 5 aromatic rings. The second-order valence-electron chi connectivity index (χ2n) is 13.3. The summed E-state index contributed by atoms with van der Waals surface area (Å²) in [5.74, 6) is 1.71. The highest BCUT2D eigenvalue weighted by Gasteiger charge is 2.53. The Hall–Kier alpha value is -4.12. The van der Waals surface area contributed by atoms with Gasteiger partial charge < -0.3 is 14.0 Å². The average molecular weight is 565 g/mol. The van der Waals surface area contributed by atoms with E-state index in [2.05, 4.69) is 157 Å². The third kappa shape index (κ3) is 4.61. The number of benzene rings is 5. The van der Waals surface area contributed by atoms with Crippen molar-refractivity contribution in [2.45, 2.75) is 58.2 Å². The number of para-hydroxylation sites is 2. The van der Waals surface area contributed by atoms with E-state index in [-0.39, 0.29) is 5.41 Å². The van der Waals surface area contributed by atoms with Crippen LogP contribution in [-0.2, 0) is 14.7 Å². The van der Waals surface area contributed by atoms with Crippen molar-refractivity contribution >= 4 is 12.6 Å². The molecule has 1 fully saturated rings. The molecule has 0 amide bonds. The smallest absolute Gasteiger partial charge is 0.456 e. The molecule has 2 heterocycles. The Morgan fingerprint density at radius 1 is 0.465 bits per heavy atom. The highest BCUT2D eigenvalue weighted by molar-refractivity contribution is 6.63. The molecule has 0 spiro atoms. The largest absolute Gasteiger partial charge is 0.498 e. The van der Waals surface area contributed by atoms with Crippen LogP contribution in [-0.4, -0.2) is 18.3 Å². The van der Waals surface area contributed by atoms with Crippen molar-refractivity contribution in [1.29, 1.82) is 0 Å². The molecule has 0 atom stereocenters. The highest BCUT2D eigenvalue weighted by Crippen LogP contribution is 2.52. The van der Waals surface area contributed by atoms with E-state index in [1.54, 1.807) is 0 Å². The Kier molecular flexibility index (Phi) is 6.43. The van der Waals surface area contributed by atoms with E-state index >= 15 is 0 Å². The first kappa shape index (κ1) is 27.7. The average Bonchev–Trinajstić information content (AvgIpc) is 3.23. The first-order chi connectivity index (χ1) is 20.5. The molecule has 4 heteroatoms. The fourth-order valence-corrected chi connectivity index (χ4v) is 6.31. The zero-order valence-corrected chi connectivity index (χ0v) is 25.8. The van der Waals surface area contributed by atoms with Gasteiger partial charge in [0.05, 0.1) is 11.2 Å². The third-order valence-electron chi connectivity index (χ3n) is 9.58. The molecule has 0 aromatic heterocycles. The van der Waals surface area contributed by atoms with Crippen molar-refractivity contribution in [2.75, 3.05) is 0 Å². The van der Waals surface area contributed by atoms with Gasteiger partial charge in [-0.2, -0.15) is 0 Å². The fourth-order valence-electron chi connectivity index (χ4n) is 6.31. The lowest BCUT2D eigenvalue weighted by molar-refractivity contribution is 0.00578. The summed E-state index contributed by atoms with van der Waals surface area (Å²) in [5.41, 5.74) is 8.92. The minimum atomic E-state index is -0.518. The number of rotatable bonds is 4. The highest BCUT2D eigenvalue weighted by atomic mass is 16.7. The van der Waals surface area contributed by atoms with Crippen LogP contribution in [0.3, 0.4) is 0 Å². The van der Waals surface area contributed by atoms with Crippen LogP contribution in [0, 0.1) is 0 Å². The summed E-state index contributed by atoms with van der Waals surface area (Å²) in [6.07, 6.45) is 0. The van der Waals surface area contributed by atoms with Crippen LogP contribution in [0.1, 0.15) is 52.7 Å². The van der Waals surface area contributed by atoms with Gasteiger partial charge in [-0.15, -0.1) is 0 Å². The summed E-state index contributed by atoms with van der Waals surface area (Å²) in [5, 5.41) is 0. The molecular formula is C39H37BO3. The third-order valence-corrected chi connectivity index (χ3v) is 9.58. The minimum Gasteiger partial charge on any atom is -0.456 e. The molecule has 3 nitrogen and oxygen atoms in total. The Labute approximate surface area is 255 Å². The molecule has 2 aliphatic rings. The maximum absolute atomic E-state index is 7.01. The van der Waals surface area contributed by atoms with E-state index in [4.69, 9.17) is 14.0 Å². The Morgan fingerprint density at radius 3 is 1.51 bits per heavy atom. The monoisotopic (exact) mass is 564 g/mol. The minimum absolute atomic E-state index is 0.294. The van der Waals surface area contributed by atoms with Gasteiger partial charge in [0.25, 0.3) is 0 Å². The lowest BCUT2D eigenvalue weighted by Gasteiger charge is -2.36. The molecule has 0 radical (unpaired) electrons. The summed E-state index contributed by atoms with van der Waals surface area (Å²) < 4.78 is 20.0. The van der Waals surface area contributed by atoms with Crippen molar-refractivity contribution in [1.82, 2.24) is 0 Å². The van der Waals surface area contributed by atoms with Crippen LogP contribution in [0.4, 0.5) is 0 Å². The van der Waals surface area contributed by atoms with Crippen molar-refractivity contribution in [3.05, 3.63) is 126 Å². The Bertz CT molecular complexity index is 1750. The molecule has 0 aliphatic carbocycles. The van der Waals surface area contributed by atoms with E-state index in [1.165, 1.54) is 22.3 Å². The van der Waals surface area contributed by atoms with E-state index in [1.807, 2.05) is 0 Å². The van der Waals surface area contributed by atoms with Crippen LogP contribution in [0.2, 0.25) is 0 Å². The fraction of sp³-hybridized carbons (Fsp3) is 0.231. The quantitative estimate of drug-likeness (QED) is 0.204. The van der Waals surface area contributed by atoms with Gasteiger partial charge >= 0.3 is 7.12 Å². The molecule has 0 N–H and O–H groups in total. The molecule has 0 unspecified atom stereocenters. The van der Waals surface area contributed by atoms with Gasteiger partial charge in [-0.25, -0.2) is 0 Å². The standard InChI is InChI=1S/C39H37BO3/c1-37(2)32-20-13-19-31(30-24-28(26-15-9-7-10-16-26)23-29(25-30)27-17-11-8-12-18-27)35(32)41-36-33(37)21-14-22-34(36)40-42-38(3,4)39(5,6)43-40/h7-25H,1-6H3. The first-order valence-corrected chi connectivity index (χ1v) is 15.1. The predicted octanol–water partition coefficient (Wildman–Crippen LogP) is 9.42. The van der Waals surface area contributed by atoms with Gasteiger partial charge in [0.1, 0.15) is 11.5 Å². The molecule has 214 valence electrons. The van der Waals surface area contributed by atoms with Gasteiger partial charge in [0, 0.05) is 27.6 Å². The summed E-state index contributed by atoms with van der Waals surface area (Å²) >= 11 is 0. The molecule has 0 bridgehead atoms. The van der Waals surface area contributed by atoms with Crippen molar-refractivity contribution in [3.8, 4) is 44.9 Å².